The summed E-state index contributed by atoms with van der Waals surface area (Å²) in [6, 6.07) is 15.4. The van der Waals surface area contributed by atoms with Crippen LogP contribution in [0, 0.1) is 11.3 Å². The van der Waals surface area contributed by atoms with E-state index in [9.17, 15) is 8.42 Å². The molecule has 1 aliphatic heterocycles. The van der Waals surface area contributed by atoms with Crippen LogP contribution in [0.1, 0.15) is 18.4 Å². The lowest BCUT2D eigenvalue weighted by Gasteiger charge is -2.33. The maximum absolute atomic E-state index is 12.6. The molecule has 1 fully saturated rings. The molecule has 1 N–H and O–H groups in total. The molecule has 1 saturated heterocycles. The van der Waals surface area contributed by atoms with Gasteiger partial charge in [-0.2, -0.15) is 5.26 Å². The summed E-state index contributed by atoms with van der Waals surface area (Å²) in [6.45, 7) is 1.83. The molecule has 26 heavy (non-hydrogen) atoms. The van der Waals surface area contributed by atoms with Crippen molar-refractivity contribution in [2.45, 2.75) is 23.8 Å². The molecule has 136 valence electrons. The Hall–Kier alpha value is -2.56. The van der Waals surface area contributed by atoms with E-state index in [0.29, 0.717) is 11.8 Å². The van der Waals surface area contributed by atoms with Crippen LogP contribution in [0.3, 0.4) is 0 Å². The molecule has 0 saturated carbocycles. The van der Waals surface area contributed by atoms with Crippen molar-refractivity contribution in [3.05, 3.63) is 54.1 Å². The maximum Gasteiger partial charge on any atom is 0.263 e. The predicted molar refractivity (Wildman–Crippen MR) is 101 cm³/mol. The second-order valence-corrected chi connectivity index (χ2v) is 7.83. The van der Waals surface area contributed by atoms with Crippen molar-refractivity contribution in [1.82, 2.24) is 0 Å². The Labute approximate surface area is 154 Å². The van der Waals surface area contributed by atoms with E-state index in [1.807, 2.05) is 18.2 Å². The summed E-state index contributed by atoms with van der Waals surface area (Å²) in [7, 11) is -2.07. The van der Waals surface area contributed by atoms with Gasteiger partial charge >= 0.3 is 0 Å². The van der Waals surface area contributed by atoms with E-state index in [2.05, 4.69) is 9.62 Å². The van der Waals surface area contributed by atoms with Gasteiger partial charge in [0.05, 0.1) is 11.7 Å². The summed E-state index contributed by atoms with van der Waals surface area (Å²) in [5.74, 6) is 0. The minimum absolute atomic E-state index is 0.0202. The van der Waals surface area contributed by atoms with E-state index in [4.69, 9.17) is 10.00 Å². The normalized spacial score (nSPS) is 15.5. The Morgan fingerprint density at radius 1 is 1.12 bits per heavy atom. The minimum Gasteiger partial charge on any atom is -0.381 e. The Kier molecular flexibility index (Phi) is 5.45. The molecule has 1 heterocycles. The number of nitrogens with zero attached hydrogens (tertiary/aromatic N) is 2. The van der Waals surface area contributed by atoms with Crippen molar-refractivity contribution in [3.63, 3.8) is 0 Å². The highest BCUT2D eigenvalue weighted by molar-refractivity contribution is 7.92. The molecule has 0 spiro atoms. The van der Waals surface area contributed by atoms with Crippen LogP contribution in [0.15, 0.2) is 53.4 Å². The van der Waals surface area contributed by atoms with Gasteiger partial charge in [0.2, 0.25) is 0 Å². The standard InChI is InChI=1S/C19H21N3O3S/c1-25-18-10-12-22(13-11-18)17-8-6-16(7-9-17)21-26(23,24)19-5-3-2-4-15(19)14-20/h2-9,18,21H,10-13H2,1H3. The molecule has 0 amide bonds. The van der Waals surface area contributed by atoms with Crippen LogP contribution < -0.4 is 9.62 Å². The molecule has 0 aromatic heterocycles. The number of rotatable bonds is 5. The third kappa shape index (κ3) is 3.98. The van der Waals surface area contributed by atoms with Crippen LogP contribution in [0.5, 0.6) is 0 Å². The lowest BCUT2D eigenvalue weighted by molar-refractivity contribution is 0.0819. The number of methoxy groups -OCH3 is 1. The fraction of sp³-hybridized carbons (Fsp3) is 0.316. The summed E-state index contributed by atoms with van der Waals surface area (Å²) in [6.07, 6.45) is 2.28. The molecule has 6 nitrogen and oxygen atoms in total. The van der Waals surface area contributed by atoms with Crippen LogP contribution in [-0.2, 0) is 14.8 Å². The number of sulfonamides is 1. The Bertz CT molecular complexity index is 896. The largest absolute Gasteiger partial charge is 0.381 e. The van der Waals surface area contributed by atoms with Gasteiger partial charge in [0.1, 0.15) is 11.0 Å². The minimum atomic E-state index is -3.81. The molecule has 0 atom stereocenters. The van der Waals surface area contributed by atoms with Gasteiger partial charge in [-0.1, -0.05) is 12.1 Å². The highest BCUT2D eigenvalue weighted by atomic mass is 32.2. The van der Waals surface area contributed by atoms with E-state index in [1.165, 1.54) is 12.1 Å². The van der Waals surface area contributed by atoms with E-state index in [0.717, 1.165) is 31.6 Å². The first-order valence-electron chi connectivity index (χ1n) is 8.43. The number of hydrogen-bond donors (Lipinski definition) is 1. The van der Waals surface area contributed by atoms with Gasteiger partial charge in [-0.3, -0.25) is 4.72 Å². The van der Waals surface area contributed by atoms with Crippen molar-refractivity contribution in [2.75, 3.05) is 29.8 Å². The van der Waals surface area contributed by atoms with Crippen LogP contribution in [-0.4, -0.2) is 34.7 Å². The highest BCUT2D eigenvalue weighted by Crippen LogP contribution is 2.24. The molecule has 2 aromatic carbocycles. The average Bonchev–Trinajstić information content (AvgIpc) is 2.68. The van der Waals surface area contributed by atoms with Crippen LogP contribution in [0.25, 0.3) is 0 Å². The van der Waals surface area contributed by atoms with E-state index >= 15 is 0 Å². The topological polar surface area (TPSA) is 82.4 Å². The second kappa shape index (κ2) is 7.77. The first kappa shape index (κ1) is 18.2. The summed E-state index contributed by atoms with van der Waals surface area (Å²) in [5.41, 5.74) is 1.64. The smallest absolute Gasteiger partial charge is 0.263 e. The molecule has 3 rings (SSSR count). The zero-order valence-electron chi connectivity index (χ0n) is 14.6. The Morgan fingerprint density at radius 3 is 2.38 bits per heavy atom. The molecule has 7 heteroatoms. The number of hydrogen-bond acceptors (Lipinski definition) is 5. The van der Waals surface area contributed by atoms with Gasteiger partial charge in [0, 0.05) is 31.6 Å². The van der Waals surface area contributed by atoms with Crippen LogP contribution >= 0.6 is 0 Å². The van der Waals surface area contributed by atoms with Gasteiger partial charge in [0.25, 0.3) is 10.0 Å². The van der Waals surface area contributed by atoms with Crippen LogP contribution in [0.4, 0.5) is 11.4 Å². The fourth-order valence-electron chi connectivity index (χ4n) is 3.09. The quantitative estimate of drug-likeness (QED) is 0.874. The molecule has 1 aliphatic rings. The van der Waals surface area contributed by atoms with E-state index in [-0.39, 0.29) is 10.5 Å². The molecular weight excluding hydrogens is 350 g/mol. The molecule has 0 radical (unpaired) electrons. The Balaban J connectivity index is 1.72. The zero-order chi connectivity index (χ0) is 18.6. The highest BCUT2D eigenvalue weighted by Gasteiger charge is 2.20. The number of nitriles is 1. The van der Waals surface area contributed by atoms with Crippen LogP contribution in [0.2, 0.25) is 0 Å². The van der Waals surface area contributed by atoms with Gasteiger partial charge in [0.15, 0.2) is 0 Å². The summed E-state index contributed by atoms with van der Waals surface area (Å²) >= 11 is 0. The fourth-order valence-corrected chi connectivity index (χ4v) is 4.31. The van der Waals surface area contributed by atoms with Crippen molar-refractivity contribution >= 4 is 21.4 Å². The maximum atomic E-state index is 12.6. The third-order valence-corrected chi connectivity index (χ3v) is 6.00. The van der Waals surface area contributed by atoms with Crippen molar-refractivity contribution < 1.29 is 13.2 Å². The van der Waals surface area contributed by atoms with Crippen molar-refractivity contribution in [1.29, 1.82) is 5.26 Å². The molecular formula is C19H21N3O3S. The van der Waals surface area contributed by atoms with Gasteiger partial charge in [-0.15, -0.1) is 0 Å². The van der Waals surface area contributed by atoms with E-state index in [1.54, 1.807) is 31.4 Å². The SMILES string of the molecule is COC1CCN(c2ccc(NS(=O)(=O)c3ccccc3C#N)cc2)CC1. The lowest BCUT2D eigenvalue weighted by Crippen LogP contribution is -2.36. The average molecular weight is 371 g/mol. The molecule has 2 aromatic rings. The number of anilines is 2. The summed E-state index contributed by atoms with van der Waals surface area (Å²) in [5, 5.41) is 9.11. The Morgan fingerprint density at radius 2 is 1.77 bits per heavy atom. The number of piperidine rings is 1. The van der Waals surface area contributed by atoms with Gasteiger partial charge in [-0.25, -0.2) is 8.42 Å². The monoisotopic (exact) mass is 371 g/mol. The van der Waals surface area contributed by atoms with Crippen molar-refractivity contribution in [2.24, 2.45) is 0 Å². The second-order valence-electron chi connectivity index (χ2n) is 6.18. The number of benzene rings is 2. The number of ether oxygens (including phenoxy) is 1. The lowest BCUT2D eigenvalue weighted by atomic mass is 10.1. The van der Waals surface area contributed by atoms with Gasteiger partial charge < -0.3 is 9.64 Å². The molecule has 0 unspecified atom stereocenters. The van der Waals surface area contributed by atoms with Crippen molar-refractivity contribution in [3.8, 4) is 6.07 Å². The predicted octanol–water partition coefficient (Wildman–Crippen LogP) is 2.97. The molecule has 0 bridgehead atoms. The van der Waals surface area contributed by atoms with E-state index < -0.39 is 10.0 Å². The first-order chi connectivity index (χ1) is 12.5. The number of nitrogens with one attached hydrogen (secondary N) is 1. The third-order valence-electron chi connectivity index (χ3n) is 4.56. The molecule has 0 aliphatic carbocycles. The summed E-state index contributed by atoms with van der Waals surface area (Å²) in [4.78, 5) is 2.24. The summed E-state index contributed by atoms with van der Waals surface area (Å²) < 4.78 is 33.0. The van der Waals surface area contributed by atoms with Gasteiger partial charge in [-0.05, 0) is 49.2 Å². The first-order valence-corrected chi connectivity index (χ1v) is 9.91. The zero-order valence-corrected chi connectivity index (χ0v) is 15.4.